The molecule has 1 rings (SSSR count). The molecule has 0 aliphatic rings. The van der Waals surface area contributed by atoms with Crippen molar-refractivity contribution in [1.29, 1.82) is 0 Å². The highest BCUT2D eigenvalue weighted by Gasteiger charge is 2.13. The molecule has 20 heavy (non-hydrogen) atoms. The molecule has 0 aliphatic heterocycles. The van der Waals surface area contributed by atoms with Crippen molar-refractivity contribution in [2.45, 2.75) is 33.6 Å². The molecule has 1 aromatic rings. The van der Waals surface area contributed by atoms with E-state index in [1.165, 1.54) is 0 Å². The first-order chi connectivity index (χ1) is 9.44. The zero-order valence-electron chi connectivity index (χ0n) is 12.4. The quantitative estimate of drug-likeness (QED) is 0.825. The van der Waals surface area contributed by atoms with Gasteiger partial charge in [-0.05, 0) is 17.9 Å². The third-order valence-electron chi connectivity index (χ3n) is 2.69. The number of nitrogens with one attached hydrogen (secondary N) is 1. The fraction of sp³-hybridized carbons (Fsp3) is 0.500. The van der Waals surface area contributed by atoms with Crippen LogP contribution < -0.4 is 5.32 Å². The summed E-state index contributed by atoms with van der Waals surface area (Å²) in [4.78, 5) is 16.1. The van der Waals surface area contributed by atoms with Gasteiger partial charge in [-0.3, -0.25) is 9.78 Å². The van der Waals surface area contributed by atoms with E-state index >= 15 is 0 Å². The monoisotopic (exact) mass is 274 g/mol. The van der Waals surface area contributed by atoms with Crippen molar-refractivity contribution in [3.05, 3.63) is 29.6 Å². The van der Waals surface area contributed by atoms with Crippen LogP contribution in [0.5, 0.6) is 0 Å². The smallest absolute Gasteiger partial charge is 0.252 e. The molecule has 0 bridgehead atoms. The van der Waals surface area contributed by atoms with E-state index in [-0.39, 0.29) is 17.9 Å². The number of hydrogen-bond acceptors (Lipinski definition) is 3. The van der Waals surface area contributed by atoms with Crippen molar-refractivity contribution in [2.75, 3.05) is 13.2 Å². The number of carbonyl (C=O) groups excluding carboxylic acids is 1. The van der Waals surface area contributed by atoms with E-state index in [9.17, 15) is 4.79 Å². The van der Waals surface area contributed by atoms with Crippen molar-refractivity contribution >= 4 is 5.91 Å². The lowest BCUT2D eigenvalue weighted by Crippen LogP contribution is -2.27. The molecule has 1 heterocycles. The number of nitrogens with zero attached hydrogens (tertiary/aromatic N) is 1. The summed E-state index contributed by atoms with van der Waals surface area (Å²) in [5, 5.41) is 11.6. The van der Waals surface area contributed by atoms with Crippen molar-refractivity contribution in [3.63, 3.8) is 0 Å². The first-order valence-corrected chi connectivity index (χ1v) is 6.76. The standard InChI is InChI=1S/C16H22N2O2/c1-16(2,3)8-10-18-15(20)14-7-9-17-12-13(14)6-4-5-11-19/h7,9,12,19H,5,8,10-11H2,1-3H3,(H,18,20). The number of aliphatic hydroxyl groups is 1. The molecule has 0 atom stereocenters. The molecule has 0 saturated heterocycles. The summed E-state index contributed by atoms with van der Waals surface area (Å²) in [5.74, 6) is 5.54. The van der Waals surface area contributed by atoms with Crippen LogP contribution in [0.15, 0.2) is 18.5 Å². The Kier molecular flexibility index (Phi) is 6.20. The van der Waals surface area contributed by atoms with Crippen molar-refractivity contribution < 1.29 is 9.90 Å². The van der Waals surface area contributed by atoms with Gasteiger partial charge in [-0.25, -0.2) is 0 Å². The highest BCUT2D eigenvalue weighted by molar-refractivity contribution is 5.96. The zero-order valence-corrected chi connectivity index (χ0v) is 12.4. The van der Waals surface area contributed by atoms with E-state index in [4.69, 9.17) is 5.11 Å². The minimum absolute atomic E-state index is 0.0143. The van der Waals surface area contributed by atoms with Gasteiger partial charge < -0.3 is 10.4 Å². The molecule has 0 fully saturated rings. The Bertz CT molecular complexity index is 507. The maximum absolute atomic E-state index is 12.1. The minimum atomic E-state index is -0.134. The summed E-state index contributed by atoms with van der Waals surface area (Å²) < 4.78 is 0. The molecule has 4 nitrogen and oxygen atoms in total. The number of pyridine rings is 1. The number of aliphatic hydroxyl groups excluding tert-OH is 1. The van der Waals surface area contributed by atoms with Gasteiger partial charge in [-0.15, -0.1) is 0 Å². The lowest BCUT2D eigenvalue weighted by atomic mass is 9.92. The second kappa shape index (κ2) is 7.66. The van der Waals surface area contributed by atoms with Gasteiger partial charge >= 0.3 is 0 Å². The van der Waals surface area contributed by atoms with Gasteiger partial charge in [-0.1, -0.05) is 32.6 Å². The van der Waals surface area contributed by atoms with Crippen LogP contribution in [0.2, 0.25) is 0 Å². The number of amides is 1. The molecule has 0 radical (unpaired) electrons. The van der Waals surface area contributed by atoms with Gasteiger partial charge in [0.15, 0.2) is 0 Å². The van der Waals surface area contributed by atoms with Crippen LogP contribution >= 0.6 is 0 Å². The van der Waals surface area contributed by atoms with Crippen LogP contribution in [0.25, 0.3) is 0 Å². The predicted octanol–water partition coefficient (Wildman–Crippen LogP) is 1.98. The molecular formula is C16H22N2O2. The Balaban J connectivity index is 2.71. The molecule has 0 spiro atoms. The minimum Gasteiger partial charge on any atom is -0.395 e. The second-order valence-electron chi connectivity index (χ2n) is 5.76. The summed E-state index contributed by atoms with van der Waals surface area (Å²) in [6.07, 6.45) is 4.45. The summed E-state index contributed by atoms with van der Waals surface area (Å²) in [6, 6.07) is 1.66. The van der Waals surface area contributed by atoms with Gasteiger partial charge in [0.05, 0.1) is 17.7 Å². The third-order valence-corrected chi connectivity index (χ3v) is 2.69. The SMILES string of the molecule is CC(C)(C)CCNC(=O)c1ccncc1C#CCCO. The van der Waals surface area contributed by atoms with Crippen LogP contribution in [0, 0.1) is 17.3 Å². The molecule has 0 unspecified atom stereocenters. The van der Waals surface area contributed by atoms with Crippen molar-refractivity contribution in [1.82, 2.24) is 10.3 Å². The molecule has 2 N–H and O–H groups in total. The van der Waals surface area contributed by atoms with E-state index in [0.717, 1.165) is 6.42 Å². The first-order valence-electron chi connectivity index (χ1n) is 6.76. The second-order valence-corrected chi connectivity index (χ2v) is 5.76. The largest absolute Gasteiger partial charge is 0.395 e. The van der Waals surface area contributed by atoms with Crippen LogP contribution in [-0.2, 0) is 0 Å². The number of rotatable bonds is 4. The van der Waals surface area contributed by atoms with Gasteiger partial charge in [0.1, 0.15) is 0 Å². The van der Waals surface area contributed by atoms with E-state index in [0.29, 0.717) is 24.1 Å². The van der Waals surface area contributed by atoms with Gasteiger partial charge in [0, 0.05) is 25.4 Å². The lowest BCUT2D eigenvalue weighted by molar-refractivity contribution is 0.0949. The Hall–Kier alpha value is -1.86. The van der Waals surface area contributed by atoms with Crippen LogP contribution in [0.3, 0.4) is 0 Å². The summed E-state index contributed by atoms with van der Waals surface area (Å²) in [5.41, 5.74) is 1.31. The molecule has 0 aromatic carbocycles. The van der Waals surface area contributed by atoms with Gasteiger partial charge in [0.2, 0.25) is 0 Å². The number of aromatic nitrogens is 1. The summed E-state index contributed by atoms with van der Waals surface area (Å²) in [6.45, 7) is 7.06. The molecule has 4 heteroatoms. The van der Waals surface area contributed by atoms with E-state index in [2.05, 4.69) is 42.9 Å². The van der Waals surface area contributed by atoms with E-state index < -0.39 is 0 Å². The van der Waals surface area contributed by atoms with Crippen LogP contribution in [-0.4, -0.2) is 29.1 Å². The van der Waals surface area contributed by atoms with Gasteiger partial charge in [0.25, 0.3) is 5.91 Å². The fourth-order valence-corrected chi connectivity index (χ4v) is 1.55. The van der Waals surface area contributed by atoms with Crippen molar-refractivity contribution in [3.8, 4) is 11.8 Å². The van der Waals surface area contributed by atoms with Crippen LogP contribution in [0.4, 0.5) is 0 Å². The van der Waals surface area contributed by atoms with E-state index in [1.807, 2.05) is 0 Å². The highest BCUT2D eigenvalue weighted by atomic mass is 16.2. The lowest BCUT2D eigenvalue weighted by Gasteiger charge is -2.18. The number of hydrogen-bond donors (Lipinski definition) is 2. The number of carbonyl (C=O) groups is 1. The molecule has 1 amide bonds. The maximum Gasteiger partial charge on any atom is 0.252 e. The topological polar surface area (TPSA) is 62.2 Å². The van der Waals surface area contributed by atoms with Crippen molar-refractivity contribution in [2.24, 2.45) is 5.41 Å². The van der Waals surface area contributed by atoms with Crippen LogP contribution in [0.1, 0.15) is 49.5 Å². The molecular weight excluding hydrogens is 252 g/mol. The molecule has 0 saturated carbocycles. The molecule has 1 aromatic heterocycles. The Labute approximate surface area is 120 Å². The Morgan fingerprint density at radius 3 is 2.85 bits per heavy atom. The normalized spacial score (nSPS) is 10.6. The average molecular weight is 274 g/mol. The maximum atomic E-state index is 12.1. The first kappa shape index (κ1) is 16.2. The Morgan fingerprint density at radius 2 is 2.20 bits per heavy atom. The fourth-order valence-electron chi connectivity index (χ4n) is 1.55. The third kappa shape index (κ3) is 5.85. The summed E-state index contributed by atoms with van der Waals surface area (Å²) >= 11 is 0. The van der Waals surface area contributed by atoms with E-state index in [1.54, 1.807) is 18.5 Å². The average Bonchev–Trinajstić information content (AvgIpc) is 2.38. The van der Waals surface area contributed by atoms with Gasteiger partial charge in [-0.2, -0.15) is 0 Å². The molecule has 108 valence electrons. The highest BCUT2D eigenvalue weighted by Crippen LogP contribution is 2.17. The summed E-state index contributed by atoms with van der Waals surface area (Å²) in [7, 11) is 0. The Morgan fingerprint density at radius 1 is 1.45 bits per heavy atom. The predicted molar refractivity (Wildman–Crippen MR) is 79.2 cm³/mol. The molecule has 0 aliphatic carbocycles. The zero-order chi connectivity index (χ0) is 15.0.